The predicted molar refractivity (Wildman–Crippen MR) is 101 cm³/mol. The molecule has 2 rings (SSSR count). The van der Waals surface area contributed by atoms with Gasteiger partial charge in [0.15, 0.2) is 0 Å². The number of aryl methyl sites for hydroxylation is 1. The van der Waals surface area contributed by atoms with Crippen molar-refractivity contribution in [1.82, 2.24) is 14.8 Å². The number of hydrogen-bond acceptors (Lipinski definition) is 3. The Morgan fingerprint density at radius 1 is 1.32 bits per heavy atom. The zero-order valence-electron chi connectivity index (χ0n) is 14.9. The van der Waals surface area contributed by atoms with Gasteiger partial charge < -0.3 is 5.11 Å². The zero-order valence-corrected chi connectivity index (χ0v) is 16.4. The summed E-state index contributed by atoms with van der Waals surface area (Å²) in [5, 5.41) is 14.6. The molecule has 1 aromatic heterocycles. The Kier molecular flexibility index (Phi) is 6.40. The van der Waals surface area contributed by atoms with Gasteiger partial charge in [0.1, 0.15) is 12.1 Å². The molecule has 0 aliphatic rings. The predicted octanol–water partition coefficient (Wildman–Crippen LogP) is 4.92. The van der Waals surface area contributed by atoms with Crippen LogP contribution in [0.15, 0.2) is 24.5 Å². The lowest BCUT2D eigenvalue weighted by atomic mass is 9.73. The number of rotatable bonds is 7. The van der Waals surface area contributed by atoms with Crippen molar-refractivity contribution in [3.8, 4) is 0 Å². The average Bonchev–Trinajstić information content (AvgIpc) is 2.89. The van der Waals surface area contributed by atoms with Crippen LogP contribution in [0.2, 0.25) is 5.02 Å². The van der Waals surface area contributed by atoms with Crippen molar-refractivity contribution >= 4 is 23.8 Å². The molecule has 2 aromatic rings. The quantitative estimate of drug-likeness (QED) is 0.525. The van der Waals surface area contributed by atoms with Gasteiger partial charge >= 0.3 is 0 Å². The number of aromatic amines is 1. The maximum Gasteiger partial charge on any atom is 0.215 e. The maximum absolute atomic E-state index is 13.8. The number of aliphatic hydroxyl groups is 1. The highest BCUT2D eigenvalue weighted by Crippen LogP contribution is 2.36. The molecule has 138 valence electrons. The molecule has 0 saturated heterocycles. The second kappa shape index (κ2) is 7.98. The van der Waals surface area contributed by atoms with E-state index in [0.29, 0.717) is 34.7 Å². The number of unbranched alkanes of at least 4 members (excludes halogenated alkanes) is 1. The first-order chi connectivity index (χ1) is 11.6. The van der Waals surface area contributed by atoms with Crippen molar-refractivity contribution in [2.24, 2.45) is 5.41 Å². The standard InChI is InChI=1S/C18H25ClFN3OS/c1-17(2,3)18(24,11-23-16(25)21-12-22-23)9-5-4-6-13-7-8-14(19)10-15(13)20/h7-8,10,12,24H,4-6,9,11H2,1-3H3,(H,21,22,25). The van der Waals surface area contributed by atoms with Crippen LogP contribution in [0.5, 0.6) is 0 Å². The molecule has 2 N–H and O–H groups in total. The van der Waals surface area contributed by atoms with Crippen LogP contribution in [0.4, 0.5) is 4.39 Å². The number of hydrogen-bond donors (Lipinski definition) is 2. The molecule has 0 spiro atoms. The average molecular weight is 386 g/mol. The van der Waals surface area contributed by atoms with Crippen molar-refractivity contribution in [3.05, 3.63) is 45.7 Å². The molecular formula is C18H25ClFN3OS. The molecule has 1 aromatic carbocycles. The van der Waals surface area contributed by atoms with Crippen molar-refractivity contribution in [1.29, 1.82) is 0 Å². The molecule has 25 heavy (non-hydrogen) atoms. The van der Waals surface area contributed by atoms with E-state index < -0.39 is 5.60 Å². The smallest absolute Gasteiger partial charge is 0.215 e. The third kappa shape index (κ3) is 5.12. The van der Waals surface area contributed by atoms with E-state index in [1.165, 1.54) is 12.4 Å². The minimum absolute atomic E-state index is 0.276. The lowest BCUT2D eigenvalue weighted by Crippen LogP contribution is -2.46. The van der Waals surface area contributed by atoms with Gasteiger partial charge in [-0.15, -0.1) is 0 Å². The van der Waals surface area contributed by atoms with E-state index >= 15 is 0 Å². The molecular weight excluding hydrogens is 361 g/mol. The molecule has 7 heteroatoms. The van der Waals surface area contributed by atoms with Gasteiger partial charge in [-0.1, -0.05) is 44.9 Å². The number of nitrogens with zero attached hydrogens (tertiary/aromatic N) is 2. The van der Waals surface area contributed by atoms with Crippen LogP contribution in [-0.2, 0) is 13.0 Å². The van der Waals surface area contributed by atoms with E-state index in [9.17, 15) is 9.50 Å². The molecule has 1 heterocycles. The third-order valence-electron chi connectivity index (χ3n) is 4.74. The van der Waals surface area contributed by atoms with Crippen LogP contribution >= 0.6 is 23.8 Å². The number of nitrogens with one attached hydrogen (secondary N) is 1. The molecule has 0 fully saturated rings. The maximum atomic E-state index is 13.8. The minimum Gasteiger partial charge on any atom is -0.387 e. The van der Waals surface area contributed by atoms with Gasteiger partial charge in [-0.05, 0) is 54.6 Å². The second-order valence-electron chi connectivity index (χ2n) is 7.48. The monoisotopic (exact) mass is 385 g/mol. The topological polar surface area (TPSA) is 53.8 Å². The summed E-state index contributed by atoms with van der Waals surface area (Å²) >= 11 is 10.9. The van der Waals surface area contributed by atoms with E-state index in [1.54, 1.807) is 16.8 Å². The van der Waals surface area contributed by atoms with Gasteiger partial charge in [-0.3, -0.25) is 9.78 Å². The Labute approximate surface area is 158 Å². The summed E-state index contributed by atoms with van der Waals surface area (Å²) in [5.41, 5.74) is -0.631. The van der Waals surface area contributed by atoms with Gasteiger partial charge in [0.05, 0.1) is 12.1 Å². The Bertz CT molecular complexity index is 768. The SMILES string of the molecule is CC(C)(C)C(O)(CCCCc1ccc(Cl)cc1F)Cn1[nH]cnc1=S. The molecule has 1 unspecified atom stereocenters. The fraction of sp³-hybridized carbons (Fsp3) is 0.556. The summed E-state index contributed by atoms with van der Waals surface area (Å²) < 4.78 is 15.9. The Hall–Kier alpha value is -1.24. The number of aromatic nitrogens is 3. The highest BCUT2D eigenvalue weighted by atomic mass is 35.5. The van der Waals surface area contributed by atoms with Crippen molar-refractivity contribution < 1.29 is 9.50 Å². The first-order valence-corrected chi connectivity index (χ1v) is 9.17. The van der Waals surface area contributed by atoms with Gasteiger partial charge in [0, 0.05) is 5.02 Å². The van der Waals surface area contributed by atoms with Crippen LogP contribution < -0.4 is 0 Å². The zero-order chi connectivity index (χ0) is 18.7. The normalized spacial score (nSPS) is 14.5. The molecule has 0 bridgehead atoms. The van der Waals surface area contributed by atoms with Crippen LogP contribution in [-0.4, -0.2) is 25.5 Å². The third-order valence-corrected chi connectivity index (χ3v) is 5.30. The first-order valence-electron chi connectivity index (χ1n) is 8.39. The molecule has 1 atom stereocenters. The summed E-state index contributed by atoms with van der Waals surface area (Å²) in [6.45, 7) is 6.37. The highest BCUT2D eigenvalue weighted by molar-refractivity contribution is 7.71. The minimum atomic E-state index is -0.948. The van der Waals surface area contributed by atoms with E-state index in [2.05, 4.69) is 10.1 Å². The van der Waals surface area contributed by atoms with Crippen molar-refractivity contribution in [2.75, 3.05) is 0 Å². The van der Waals surface area contributed by atoms with Crippen LogP contribution in [0.25, 0.3) is 0 Å². The Morgan fingerprint density at radius 2 is 2.04 bits per heavy atom. The Balaban J connectivity index is 1.98. The summed E-state index contributed by atoms with van der Waals surface area (Å²) in [5.74, 6) is -0.276. The molecule has 0 aliphatic carbocycles. The molecule has 0 aliphatic heterocycles. The summed E-state index contributed by atoms with van der Waals surface area (Å²) in [6.07, 6.45) is 4.29. The molecule has 0 saturated carbocycles. The molecule has 0 amide bonds. The summed E-state index contributed by atoms with van der Waals surface area (Å²) in [7, 11) is 0. The lowest BCUT2D eigenvalue weighted by Gasteiger charge is -2.40. The summed E-state index contributed by atoms with van der Waals surface area (Å²) in [6, 6.07) is 4.76. The largest absolute Gasteiger partial charge is 0.387 e. The highest BCUT2D eigenvalue weighted by Gasteiger charge is 2.40. The van der Waals surface area contributed by atoms with E-state index in [4.69, 9.17) is 23.8 Å². The van der Waals surface area contributed by atoms with Gasteiger partial charge in [0.2, 0.25) is 4.77 Å². The Morgan fingerprint density at radius 3 is 2.60 bits per heavy atom. The van der Waals surface area contributed by atoms with E-state index in [-0.39, 0.29) is 11.2 Å². The number of benzene rings is 1. The van der Waals surface area contributed by atoms with E-state index in [0.717, 1.165) is 12.8 Å². The van der Waals surface area contributed by atoms with Gasteiger partial charge in [-0.25, -0.2) is 9.37 Å². The number of halogens is 2. The van der Waals surface area contributed by atoms with Crippen LogP contribution in [0.3, 0.4) is 0 Å². The van der Waals surface area contributed by atoms with E-state index in [1.807, 2.05) is 20.8 Å². The summed E-state index contributed by atoms with van der Waals surface area (Å²) in [4.78, 5) is 3.99. The van der Waals surface area contributed by atoms with Crippen LogP contribution in [0, 0.1) is 16.0 Å². The first kappa shape index (κ1) is 20.1. The van der Waals surface area contributed by atoms with Crippen LogP contribution in [0.1, 0.15) is 45.6 Å². The fourth-order valence-corrected chi connectivity index (χ4v) is 3.13. The molecule has 0 radical (unpaired) electrons. The lowest BCUT2D eigenvalue weighted by molar-refractivity contribution is -0.0816. The van der Waals surface area contributed by atoms with Gasteiger partial charge in [0.25, 0.3) is 0 Å². The van der Waals surface area contributed by atoms with Crippen molar-refractivity contribution in [3.63, 3.8) is 0 Å². The fourth-order valence-electron chi connectivity index (χ4n) is 2.80. The van der Waals surface area contributed by atoms with Crippen molar-refractivity contribution in [2.45, 2.75) is 58.6 Å². The molecule has 4 nitrogen and oxygen atoms in total. The number of H-pyrrole nitrogens is 1. The second-order valence-corrected chi connectivity index (χ2v) is 8.28. The van der Waals surface area contributed by atoms with Gasteiger partial charge in [-0.2, -0.15) is 0 Å².